The fourth-order valence-corrected chi connectivity index (χ4v) is 2.97. The van der Waals surface area contributed by atoms with E-state index in [0.717, 1.165) is 17.2 Å². The van der Waals surface area contributed by atoms with E-state index in [2.05, 4.69) is 5.32 Å². The third kappa shape index (κ3) is 5.10. The maximum Gasteiger partial charge on any atom is 0.308 e. The molecule has 0 saturated carbocycles. The maximum atomic E-state index is 12.8. The fraction of sp³-hybridized carbons (Fsp3) is 0.261. The molecule has 1 unspecified atom stereocenters. The lowest BCUT2D eigenvalue weighted by Gasteiger charge is -2.19. The van der Waals surface area contributed by atoms with Crippen molar-refractivity contribution in [3.8, 4) is 0 Å². The molecule has 0 saturated heterocycles. The zero-order valence-electron chi connectivity index (χ0n) is 16.6. The Labute approximate surface area is 168 Å². The molecule has 6 nitrogen and oxygen atoms in total. The van der Waals surface area contributed by atoms with Crippen LogP contribution in [0.5, 0.6) is 0 Å². The van der Waals surface area contributed by atoms with E-state index in [4.69, 9.17) is 9.15 Å². The first-order chi connectivity index (χ1) is 13.8. The highest BCUT2D eigenvalue weighted by Gasteiger charge is 2.22. The number of esters is 1. The van der Waals surface area contributed by atoms with Gasteiger partial charge in [-0.2, -0.15) is 0 Å². The standard InChI is InChI=1S/C23H23NO5/c1-14(2)28-22(26)12-18(16-10-8-15(3)9-11-16)24-23(27)21-13-19(25)17-6-4-5-7-20(17)29-21/h4-11,13-14,18H,12H2,1-3H3,(H,24,27). The van der Waals surface area contributed by atoms with Gasteiger partial charge in [0.05, 0.1) is 24.0 Å². The maximum absolute atomic E-state index is 12.8. The second kappa shape index (κ2) is 8.73. The average Bonchev–Trinajstić information content (AvgIpc) is 2.67. The van der Waals surface area contributed by atoms with Crippen LogP contribution in [0.25, 0.3) is 11.0 Å². The van der Waals surface area contributed by atoms with E-state index in [1.807, 2.05) is 31.2 Å². The van der Waals surface area contributed by atoms with Crippen LogP contribution in [0.3, 0.4) is 0 Å². The van der Waals surface area contributed by atoms with E-state index in [0.29, 0.717) is 11.0 Å². The molecule has 29 heavy (non-hydrogen) atoms. The number of carbonyl (C=O) groups excluding carboxylic acids is 2. The van der Waals surface area contributed by atoms with E-state index in [9.17, 15) is 14.4 Å². The number of hydrogen-bond acceptors (Lipinski definition) is 5. The minimum absolute atomic E-state index is 0.0369. The molecular weight excluding hydrogens is 370 g/mol. The summed E-state index contributed by atoms with van der Waals surface area (Å²) in [5, 5.41) is 3.20. The Balaban J connectivity index is 1.88. The van der Waals surface area contributed by atoms with Gasteiger partial charge in [0.2, 0.25) is 0 Å². The lowest BCUT2D eigenvalue weighted by atomic mass is 10.0. The third-order valence-corrected chi connectivity index (χ3v) is 4.38. The molecule has 150 valence electrons. The molecule has 1 heterocycles. The van der Waals surface area contributed by atoms with Crippen molar-refractivity contribution in [3.05, 3.63) is 81.7 Å². The molecule has 1 aromatic heterocycles. The first kappa shape index (κ1) is 20.3. The average molecular weight is 393 g/mol. The summed E-state index contributed by atoms with van der Waals surface area (Å²) in [7, 11) is 0. The van der Waals surface area contributed by atoms with Crippen molar-refractivity contribution in [2.75, 3.05) is 0 Å². The summed E-state index contributed by atoms with van der Waals surface area (Å²) in [4.78, 5) is 37.3. The Bertz CT molecular complexity index is 1080. The zero-order valence-corrected chi connectivity index (χ0v) is 16.6. The predicted molar refractivity (Wildman–Crippen MR) is 110 cm³/mol. The minimum atomic E-state index is -0.619. The molecule has 0 radical (unpaired) electrons. The molecule has 0 spiro atoms. The van der Waals surface area contributed by atoms with Gasteiger partial charge in [-0.3, -0.25) is 14.4 Å². The molecule has 3 aromatic rings. The molecule has 0 fully saturated rings. The molecule has 6 heteroatoms. The Morgan fingerprint density at radius 2 is 1.76 bits per heavy atom. The minimum Gasteiger partial charge on any atom is -0.463 e. The molecule has 0 aliphatic carbocycles. The van der Waals surface area contributed by atoms with Crippen LogP contribution in [0, 0.1) is 6.92 Å². The molecular formula is C23H23NO5. The molecule has 3 rings (SSSR count). The van der Waals surface area contributed by atoms with E-state index in [1.54, 1.807) is 38.1 Å². The van der Waals surface area contributed by atoms with Gasteiger partial charge in [0.15, 0.2) is 11.2 Å². The molecule has 0 bridgehead atoms. The van der Waals surface area contributed by atoms with Crippen LogP contribution in [-0.2, 0) is 9.53 Å². The normalized spacial score (nSPS) is 12.0. The lowest BCUT2D eigenvalue weighted by Crippen LogP contribution is -2.31. The van der Waals surface area contributed by atoms with Crippen molar-refractivity contribution in [1.29, 1.82) is 0 Å². The number of aryl methyl sites for hydroxylation is 1. The summed E-state index contributed by atoms with van der Waals surface area (Å²) in [6.07, 6.45) is -0.291. The molecule has 1 amide bonds. The van der Waals surface area contributed by atoms with Gasteiger partial charge in [-0.15, -0.1) is 0 Å². The number of hydrogen-bond donors (Lipinski definition) is 1. The number of fused-ring (bicyclic) bond motifs is 1. The topological polar surface area (TPSA) is 85.6 Å². The van der Waals surface area contributed by atoms with Crippen LogP contribution in [-0.4, -0.2) is 18.0 Å². The highest BCUT2D eigenvalue weighted by atomic mass is 16.5. The quantitative estimate of drug-likeness (QED) is 0.642. The number of rotatable bonds is 6. The van der Waals surface area contributed by atoms with Crippen molar-refractivity contribution in [2.45, 2.75) is 39.3 Å². The van der Waals surface area contributed by atoms with Crippen LogP contribution < -0.4 is 10.7 Å². The van der Waals surface area contributed by atoms with E-state index >= 15 is 0 Å². The molecule has 0 aliphatic rings. The van der Waals surface area contributed by atoms with Gasteiger partial charge in [-0.05, 0) is 38.5 Å². The number of nitrogens with one attached hydrogen (secondary N) is 1. The highest BCUT2D eigenvalue weighted by Crippen LogP contribution is 2.20. The van der Waals surface area contributed by atoms with Crippen molar-refractivity contribution >= 4 is 22.8 Å². The molecule has 2 aromatic carbocycles. The van der Waals surface area contributed by atoms with Crippen molar-refractivity contribution < 1.29 is 18.7 Å². The summed E-state index contributed by atoms with van der Waals surface area (Å²) in [5.74, 6) is -1.11. The van der Waals surface area contributed by atoms with Crippen LogP contribution in [0.1, 0.15) is 48.0 Å². The van der Waals surface area contributed by atoms with Gasteiger partial charge in [0, 0.05) is 6.07 Å². The van der Waals surface area contributed by atoms with Gasteiger partial charge in [-0.25, -0.2) is 0 Å². The van der Waals surface area contributed by atoms with Gasteiger partial charge in [0.25, 0.3) is 5.91 Å². The van der Waals surface area contributed by atoms with Crippen molar-refractivity contribution in [1.82, 2.24) is 5.32 Å². The van der Waals surface area contributed by atoms with E-state index in [-0.39, 0.29) is 23.7 Å². The smallest absolute Gasteiger partial charge is 0.308 e. The number of carbonyl (C=O) groups is 2. The van der Waals surface area contributed by atoms with Crippen LogP contribution in [0.2, 0.25) is 0 Å². The Kier molecular flexibility index (Phi) is 6.12. The summed E-state index contributed by atoms with van der Waals surface area (Å²) in [6, 6.07) is 14.8. The van der Waals surface area contributed by atoms with Crippen LogP contribution in [0.15, 0.2) is 63.8 Å². The zero-order chi connectivity index (χ0) is 21.0. The third-order valence-electron chi connectivity index (χ3n) is 4.38. The van der Waals surface area contributed by atoms with Gasteiger partial charge < -0.3 is 14.5 Å². The Morgan fingerprint density at radius 1 is 1.07 bits per heavy atom. The van der Waals surface area contributed by atoms with Crippen LogP contribution in [0.4, 0.5) is 0 Å². The summed E-state index contributed by atoms with van der Waals surface area (Å²) < 4.78 is 10.8. The second-order valence-corrected chi connectivity index (χ2v) is 7.15. The molecule has 0 aliphatic heterocycles. The molecule has 1 N–H and O–H groups in total. The Morgan fingerprint density at radius 3 is 2.45 bits per heavy atom. The first-order valence-corrected chi connectivity index (χ1v) is 9.43. The SMILES string of the molecule is Cc1ccc(C(CC(=O)OC(C)C)NC(=O)c2cc(=O)c3ccccc3o2)cc1. The summed E-state index contributed by atoms with van der Waals surface area (Å²) >= 11 is 0. The lowest BCUT2D eigenvalue weighted by molar-refractivity contribution is -0.147. The summed E-state index contributed by atoms with van der Waals surface area (Å²) in [6.45, 7) is 5.48. The number of amides is 1. The van der Waals surface area contributed by atoms with Gasteiger partial charge >= 0.3 is 5.97 Å². The van der Waals surface area contributed by atoms with Gasteiger partial charge in [0.1, 0.15) is 5.58 Å². The van der Waals surface area contributed by atoms with Crippen LogP contribution >= 0.6 is 0 Å². The number of ether oxygens (including phenoxy) is 1. The predicted octanol–water partition coefficient (Wildman–Crippen LogP) is 3.91. The Hall–Kier alpha value is -3.41. The second-order valence-electron chi connectivity index (χ2n) is 7.15. The number of benzene rings is 2. The monoisotopic (exact) mass is 393 g/mol. The van der Waals surface area contributed by atoms with Crippen molar-refractivity contribution in [3.63, 3.8) is 0 Å². The highest BCUT2D eigenvalue weighted by molar-refractivity contribution is 5.93. The van der Waals surface area contributed by atoms with E-state index in [1.165, 1.54) is 0 Å². The van der Waals surface area contributed by atoms with E-state index < -0.39 is 17.9 Å². The first-order valence-electron chi connectivity index (χ1n) is 9.43. The summed E-state index contributed by atoms with van der Waals surface area (Å²) in [5.41, 5.74) is 1.84. The van der Waals surface area contributed by atoms with Gasteiger partial charge in [-0.1, -0.05) is 42.0 Å². The largest absolute Gasteiger partial charge is 0.463 e. The number of para-hydroxylation sites is 1. The molecule has 1 atom stereocenters. The fourth-order valence-electron chi connectivity index (χ4n) is 2.97. The van der Waals surface area contributed by atoms with Crippen molar-refractivity contribution in [2.24, 2.45) is 0 Å².